The van der Waals surface area contributed by atoms with Crippen LogP contribution < -0.4 is 5.32 Å². The molecule has 0 spiro atoms. The number of hydrogen-bond acceptors (Lipinski definition) is 3. The van der Waals surface area contributed by atoms with Crippen molar-refractivity contribution >= 4 is 0 Å². The van der Waals surface area contributed by atoms with E-state index in [4.69, 9.17) is 5.26 Å². The molecule has 0 amide bonds. The van der Waals surface area contributed by atoms with E-state index in [1.807, 2.05) is 0 Å². The summed E-state index contributed by atoms with van der Waals surface area (Å²) in [5.74, 6) is 0. The first-order valence-electron chi connectivity index (χ1n) is 5.50. The zero-order valence-corrected chi connectivity index (χ0v) is 9.08. The maximum absolute atomic E-state index is 8.76. The highest BCUT2D eigenvalue weighted by atomic mass is 15.3. The molecular formula is C11H19N3. The zero-order valence-electron chi connectivity index (χ0n) is 9.08. The van der Waals surface area contributed by atoms with Gasteiger partial charge in [0.25, 0.3) is 0 Å². The monoisotopic (exact) mass is 193 g/mol. The van der Waals surface area contributed by atoms with E-state index in [9.17, 15) is 0 Å². The van der Waals surface area contributed by atoms with Crippen molar-refractivity contribution in [3.63, 3.8) is 0 Å². The van der Waals surface area contributed by atoms with E-state index in [2.05, 4.69) is 30.1 Å². The van der Waals surface area contributed by atoms with Gasteiger partial charge in [-0.05, 0) is 26.7 Å². The molecule has 3 heteroatoms. The molecule has 1 saturated carbocycles. The van der Waals surface area contributed by atoms with Crippen LogP contribution in [0.2, 0.25) is 0 Å². The first-order chi connectivity index (χ1) is 6.62. The van der Waals surface area contributed by atoms with Gasteiger partial charge in [0.2, 0.25) is 0 Å². The molecule has 14 heavy (non-hydrogen) atoms. The topological polar surface area (TPSA) is 39.1 Å². The Morgan fingerprint density at radius 1 is 1.50 bits per heavy atom. The Hall–Kier alpha value is -0.590. The molecule has 0 aromatic rings. The normalized spacial score (nSPS) is 32.5. The Morgan fingerprint density at radius 3 is 2.79 bits per heavy atom. The minimum Gasteiger partial charge on any atom is -0.309 e. The molecule has 0 aromatic heterocycles. The molecule has 1 saturated heterocycles. The van der Waals surface area contributed by atoms with Gasteiger partial charge in [0.1, 0.15) is 0 Å². The van der Waals surface area contributed by atoms with Gasteiger partial charge in [0, 0.05) is 30.7 Å². The largest absolute Gasteiger partial charge is 0.309 e. The SMILES string of the molecule is CC1(C)CN(C2CC2)C(CC#N)CN1. The van der Waals surface area contributed by atoms with E-state index in [1.165, 1.54) is 12.8 Å². The lowest BCUT2D eigenvalue weighted by molar-refractivity contribution is 0.0897. The highest BCUT2D eigenvalue weighted by molar-refractivity contribution is 5.00. The van der Waals surface area contributed by atoms with Crippen LogP contribution in [-0.2, 0) is 0 Å². The second-order valence-electron chi connectivity index (χ2n) is 5.18. The molecule has 0 bridgehead atoms. The summed E-state index contributed by atoms with van der Waals surface area (Å²) >= 11 is 0. The van der Waals surface area contributed by atoms with Gasteiger partial charge >= 0.3 is 0 Å². The fraction of sp³-hybridized carbons (Fsp3) is 0.909. The van der Waals surface area contributed by atoms with Crippen LogP contribution in [-0.4, -0.2) is 35.6 Å². The van der Waals surface area contributed by atoms with Crippen molar-refractivity contribution in [2.75, 3.05) is 13.1 Å². The summed E-state index contributed by atoms with van der Waals surface area (Å²) in [5, 5.41) is 12.3. The average Bonchev–Trinajstić information content (AvgIpc) is 2.91. The minimum atomic E-state index is 0.217. The number of nitrogens with zero attached hydrogens (tertiary/aromatic N) is 2. The lowest BCUT2D eigenvalue weighted by Crippen LogP contribution is -2.62. The molecule has 1 unspecified atom stereocenters. The van der Waals surface area contributed by atoms with Crippen molar-refractivity contribution in [2.45, 2.75) is 50.7 Å². The summed E-state index contributed by atoms with van der Waals surface area (Å²) in [6.07, 6.45) is 3.33. The zero-order chi connectivity index (χ0) is 10.2. The van der Waals surface area contributed by atoms with Gasteiger partial charge in [-0.1, -0.05) is 0 Å². The molecule has 2 fully saturated rings. The number of piperazine rings is 1. The molecule has 0 aromatic carbocycles. The molecule has 2 aliphatic rings. The molecule has 1 aliphatic heterocycles. The van der Waals surface area contributed by atoms with Crippen LogP contribution in [0.15, 0.2) is 0 Å². The lowest BCUT2D eigenvalue weighted by atomic mass is 9.97. The van der Waals surface area contributed by atoms with Gasteiger partial charge in [-0.2, -0.15) is 5.26 Å². The number of nitriles is 1. The molecule has 1 atom stereocenters. The van der Waals surface area contributed by atoms with Crippen molar-refractivity contribution < 1.29 is 0 Å². The Labute approximate surface area is 86.1 Å². The predicted octanol–water partition coefficient (Wildman–Crippen LogP) is 1.11. The molecule has 1 N–H and O–H groups in total. The third kappa shape index (κ3) is 2.08. The van der Waals surface area contributed by atoms with E-state index < -0.39 is 0 Å². The van der Waals surface area contributed by atoms with Crippen LogP contribution in [0.1, 0.15) is 33.1 Å². The van der Waals surface area contributed by atoms with Gasteiger partial charge in [-0.15, -0.1) is 0 Å². The molecule has 1 heterocycles. The average molecular weight is 193 g/mol. The van der Waals surface area contributed by atoms with Crippen molar-refractivity contribution in [2.24, 2.45) is 0 Å². The van der Waals surface area contributed by atoms with Crippen molar-refractivity contribution in [3.05, 3.63) is 0 Å². The molecule has 3 nitrogen and oxygen atoms in total. The fourth-order valence-electron chi connectivity index (χ4n) is 2.28. The molecule has 1 aliphatic carbocycles. The standard InChI is InChI=1S/C11H19N3/c1-11(2)8-14(9-3-4-9)10(5-6-12)7-13-11/h9-10,13H,3-5,7-8H2,1-2H3. The predicted molar refractivity (Wildman–Crippen MR) is 55.8 cm³/mol. The Balaban J connectivity index is 2.01. The third-order valence-electron chi connectivity index (χ3n) is 3.21. The van der Waals surface area contributed by atoms with Crippen LogP contribution in [0.25, 0.3) is 0 Å². The smallest absolute Gasteiger partial charge is 0.0638 e. The second kappa shape index (κ2) is 3.52. The molecule has 2 rings (SSSR count). The van der Waals surface area contributed by atoms with Crippen LogP contribution in [0.5, 0.6) is 0 Å². The van der Waals surface area contributed by atoms with Crippen molar-refractivity contribution in [1.82, 2.24) is 10.2 Å². The quantitative estimate of drug-likeness (QED) is 0.714. The van der Waals surface area contributed by atoms with E-state index in [0.29, 0.717) is 12.5 Å². The van der Waals surface area contributed by atoms with Gasteiger partial charge in [-0.3, -0.25) is 4.90 Å². The summed E-state index contributed by atoms with van der Waals surface area (Å²) in [5.41, 5.74) is 0.217. The highest BCUT2D eigenvalue weighted by Gasteiger charge is 2.40. The first kappa shape index (κ1) is 9.95. The van der Waals surface area contributed by atoms with Gasteiger partial charge < -0.3 is 5.32 Å². The van der Waals surface area contributed by atoms with E-state index in [-0.39, 0.29) is 5.54 Å². The molecule has 0 radical (unpaired) electrons. The lowest BCUT2D eigenvalue weighted by Gasteiger charge is -2.44. The van der Waals surface area contributed by atoms with Crippen LogP contribution >= 0.6 is 0 Å². The molecular weight excluding hydrogens is 174 g/mol. The summed E-state index contributed by atoms with van der Waals surface area (Å²) < 4.78 is 0. The number of hydrogen-bond donors (Lipinski definition) is 1. The Bertz CT molecular complexity index is 250. The maximum atomic E-state index is 8.76. The van der Waals surface area contributed by atoms with Crippen LogP contribution in [0.4, 0.5) is 0 Å². The Kier molecular flexibility index (Phi) is 2.50. The Morgan fingerprint density at radius 2 is 2.21 bits per heavy atom. The van der Waals surface area contributed by atoms with E-state index in [0.717, 1.165) is 19.1 Å². The second-order valence-corrected chi connectivity index (χ2v) is 5.18. The van der Waals surface area contributed by atoms with Gasteiger partial charge in [0.15, 0.2) is 0 Å². The molecule has 78 valence electrons. The number of rotatable bonds is 2. The highest BCUT2D eigenvalue weighted by Crippen LogP contribution is 2.32. The van der Waals surface area contributed by atoms with Crippen LogP contribution in [0.3, 0.4) is 0 Å². The van der Waals surface area contributed by atoms with Crippen LogP contribution in [0, 0.1) is 11.3 Å². The minimum absolute atomic E-state index is 0.217. The summed E-state index contributed by atoms with van der Waals surface area (Å²) in [6.45, 7) is 6.54. The number of nitrogens with one attached hydrogen (secondary N) is 1. The van der Waals surface area contributed by atoms with Crippen molar-refractivity contribution in [1.29, 1.82) is 5.26 Å². The summed E-state index contributed by atoms with van der Waals surface area (Å²) in [7, 11) is 0. The maximum Gasteiger partial charge on any atom is 0.0638 e. The fourth-order valence-corrected chi connectivity index (χ4v) is 2.28. The van der Waals surface area contributed by atoms with Gasteiger partial charge in [-0.25, -0.2) is 0 Å². The van der Waals surface area contributed by atoms with E-state index >= 15 is 0 Å². The summed E-state index contributed by atoms with van der Waals surface area (Å²) in [4.78, 5) is 2.54. The first-order valence-corrected chi connectivity index (χ1v) is 5.50. The van der Waals surface area contributed by atoms with Crippen molar-refractivity contribution in [3.8, 4) is 6.07 Å². The third-order valence-corrected chi connectivity index (χ3v) is 3.21. The van der Waals surface area contributed by atoms with Gasteiger partial charge in [0.05, 0.1) is 12.5 Å². The summed E-state index contributed by atoms with van der Waals surface area (Å²) in [6, 6.07) is 3.51. The van der Waals surface area contributed by atoms with E-state index in [1.54, 1.807) is 0 Å².